The Morgan fingerprint density at radius 1 is 1.61 bits per heavy atom. The minimum absolute atomic E-state index is 0.282. The van der Waals surface area contributed by atoms with Crippen LogP contribution < -0.4 is 5.32 Å². The molecule has 2 N–H and O–H groups in total. The summed E-state index contributed by atoms with van der Waals surface area (Å²) in [7, 11) is 0. The summed E-state index contributed by atoms with van der Waals surface area (Å²) >= 11 is 2.01. The van der Waals surface area contributed by atoms with Crippen molar-refractivity contribution in [1.29, 1.82) is 0 Å². The molecule has 98 valence electrons. The first-order valence-electron chi connectivity index (χ1n) is 6.26. The monoisotopic (exact) mass is 266 g/mol. The predicted octanol–water partition coefficient (Wildman–Crippen LogP) is 2.87. The Labute approximate surface area is 111 Å². The van der Waals surface area contributed by atoms with E-state index in [-0.39, 0.29) is 5.56 Å². The third-order valence-electron chi connectivity index (χ3n) is 3.15. The van der Waals surface area contributed by atoms with Crippen molar-refractivity contribution < 1.29 is 9.90 Å². The van der Waals surface area contributed by atoms with Gasteiger partial charge in [-0.1, -0.05) is 6.92 Å². The number of rotatable bonds is 5. The fraction of sp³-hybridized carbons (Fsp3) is 0.538. The molecule has 0 spiro atoms. The Morgan fingerprint density at radius 3 is 3.17 bits per heavy atom. The number of hydrogen-bond donors (Lipinski definition) is 2. The summed E-state index contributed by atoms with van der Waals surface area (Å²) in [6.45, 7) is 2.18. The van der Waals surface area contributed by atoms with Gasteiger partial charge in [0.1, 0.15) is 5.82 Å². The van der Waals surface area contributed by atoms with E-state index in [0.29, 0.717) is 11.9 Å². The SMILES string of the molecule is CCSC1CCC(Nc2cc(C(=O)O)ccn2)C1. The molecule has 1 heterocycles. The fourth-order valence-corrected chi connectivity index (χ4v) is 3.45. The van der Waals surface area contributed by atoms with Gasteiger partial charge < -0.3 is 10.4 Å². The molecule has 1 aliphatic rings. The summed E-state index contributed by atoms with van der Waals surface area (Å²) in [4.78, 5) is 15.0. The van der Waals surface area contributed by atoms with E-state index in [0.717, 1.165) is 23.8 Å². The van der Waals surface area contributed by atoms with Crippen LogP contribution in [-0.2, 0) is 0 Å². The lowest BCUT2D eigenvalue weighted by Gasteiger charge is -2.13. The molecule has 2 atom stereocenters. The maximum absolute atomic E-state index is 10.9. The minimum atomic E-state index is -0.911. The molecule has 1 fully saturated rings. The van der Waals surface area contributed by atoms with Crippen LogP contribution in [-0.4, -0.2) is 33.1 Å². The fourth-order valence-electron chi connectivity index (χ4n) is 2.31. The summed E-state index contributed by atoms with van der Waals surface area (Å²) in [6.07, 6.45) is 5.04. The molecule has 1 aromatic heterocycles. The van der Waals surface area contributed by atoms with E-state index < -0.39 is 5.97 Å². The van der Waals surface area contributed by atoms with Crippen LogP contribution in [0.3, 0.4) is 0 Å². The number of carboxylic acid groups (broad SMARTS) is 1. The van der Waals surface area contributed by atoms with Crippen molar-refractivity contribution in [1.82, 2.24) is 4.98 Å². The topological polar surface area (TPSA) is 62.2 Å². The lowest BCUT2D eigenvalue weighted by Crippen LogP contribution is -2.17. The van der Waals surface area contributed by atoms with E-state index in [9.17, 15) is 4.79 Å². The van der Waals surface area contributed by atoms with E-state index in [4.69, 9.17) is 5.11 Å². The van der Waals surface area contributed by atoms with Crippen LogP contribution in [0, 0.1) is 0 Å². The molecule has 4 nitrogen and oxygen atoms in total. The Balaban J connectivity index is 1.94. The van der Waals surface area contributed by atoms with Crippen LogP contribution in [0.1, 0.15) is 36.5 Å². The molecule has 2 unspecified atom stereocenters. The molecule has 0 bridgehead atoms. The number of pyridine rings is 1. The first kappa shape index (κ1) is 13.2. The molecule has 0 aromatic carbocycles. The Morgan fingerprint density at radius 2 is 2.44 bits per heavy atom. The van der Waals surface area contributed by atoms with E-state index in [1.807, 2.05) is 11.8 Å². The van der Waals surface area contributed by atoms with E-state index in [1.165, 1.54) is 12.5 Å². The first-order valence-corrected chi connectivity index (χ1v) is 7.31. The second kappa shape index (κ2) is 6.09. The number of anilines is 1. The van der Waals surface area contributed by atoms with Crippen molar-refractivity contribution in [3.63, 3.8) is 0 Å². The number of hydrogen-bond acceptors (Lipinski definition) is 4. The highest BCUT2D eigenvalue weighted by Crippen LogP contribution is 2.31. The number of aromatic carboxylic acids is 1. The summed E-state index contributed by atoms with van der Waals surface area (Å²) in [6, 6.07) is 3.53. The summed E-state index contributed by atoms with van der Waals surface area (Å²) in [5.41, 5.74) is 0.282. The number of thioether (sulfide) groups is 1. The molecular weight excluding hydrogens is 248 g/mol. The molecule has 18 heavy (non-hydrogen) atoms. The number of nitrogens with one attached hydrogen (secondary N) is 1. The van der Waals surface area contributed by atoms with Crippen molar-refractivity contribution in [3.05, 3.63) is 23.9 Å². The lowest BCUT2D eigenvalue weighted by molar-refractivity contribution is 0.0697. The standard InChI is InChI=1S/C13H18N2O2S/c1-2-18-11-4-3-10(8-11)15-12-7-9(13(16)17)5-6-14-12/h5-7,10-11H,2-4,8H2,1H3,(H,14,15)(H,16,17). The van der Waals surface area contributed by atoms with Crippen LogP contribution in [0.4, 0.5) is 5.82 Å². The molecule has 0 radical (unpaired) electrons. The van der Waals surface area contributed by atoms with Gasteiger partial charge in [0.25, 0.3) is 0 Å². The maximum atomic E-state index is 10.9. The van der Waals surface area contributed by atoms with Crippen molar-refractivity contribution in [3.8, 4) is 0 Å². The Bertz CT molecular complexity index is 425. The normalized spacial score (nSPS) is 22.9. The van der Waals surface area contributed by atoms with Gasteiger partial charge in [-0.15, -0.1) is 0 Å². The van der Waals surface area contributed by atoms with E-state index >= 15 is 0 Å². The molecule has 1 aliphatic carbocycles. The molecular formula is C13H18N2O2S. The van der Waals surface area contributed by atoms with Crippen LogP contribution in [0.25, 0.3) is 0 Å². The zero-order chi connectivity index (χ0) is 13.0. The van der Waals surface area contributed by atoms with Crippen LogP contribution >= 0.6 is 11.8 Å². The van der Waals surface area contributed by atoms with E-state index in [1.54, 1.807) is 12.3 Å². The maximum Gasteiger partial charge on any atom is 0.335 e. The van der Waals surface area contributed by atoms with Crippen molar-refractivity contribution in [2.45, 2.75) is 37.5 Å². The minimum Gasteiger partial charge on any atom is -0.478 e. The third-order valence-corrected chi connectivity index (χ3v) is 4.38. The summed E-state index contributed by atoms with van der Waals surface area (Å²) in [5, 5.41) is 13.0. The second-order valence-electron chi connectivity index (χ2n) is 4.47. The Kier molecular flexibility index (Phi) is 4.47. The third kappa shape index (κ3) is 3.38. The lowest BCUT2D eigenvalue weighted by atomic mass is 10.2. The molecule has 0 aliphatic heterocycles. The van der Waals surface area contributed by atoms with Gasteiger partial charge in [-0.25, -0.2) is 9.78 Å². The summed E-state index contributed by atoms with van der Waals surface area (Å²) < 4.78 is 0. The largest absolute Gasteiger partial charge is 0.478 e. The summed E-state index contributed by atoms with van der Waals surface area (Å²) in [5.74, 6) is 0.915. The van der Waals surface area contributed by atoms with Crippen molar-refractivity contribution in [2.75, 3.05) is 11.1 Å². The number of carboxylic acids is 1. The number of carbonyl (C=O) groups is 1. The molecule has 1 aromatic rings. The van der Waals surface area contributed by atoms with E-state index in [2.05, 4.69) is 17.2 Å². The van der Waals surface area contributed by atoms with Gasteiger partial charge >= 0.3 is 5.97 Å². The van der Waals surface area contributed by atoms with Gasteiger partial charge in [0.05, 0.1) is 5.56 Å². The molecule has 0 saturated heterocycles. The first-order chi connectivity index (χ1) is 8.69. The zero-order valence-electron chi connectivity index (χ0n) is 10.4. The van der Waals surface area contributed by atoms with Crippen molar-refractivity contribution >= 4 is 23.5 Å². The highest BCUT2D eigenvalue weighted by Gasteiger charge is 2.24. The Hall–Kier alpha value is -1.23. The van der Waals surface area contributed by atoms with Gasteiger partial charge in [-0.05, 0) is 37.1 Å². The smallest absolute Gasteiger partial charge is 0.335 e. The molecule has 1 saturated carbocycles. The average Bonchev–Trinajstić information content (AvgIpc) is 2.77. The van der Waals surface area contributed by atoms with Crippen molar-refractivity contribution in [2.24, 2.45) is 0 Å². The van der Waals surface area contributed by atoms with Crippen LogP contribution in [0.5, 0.6) is 0 Å². The molecule has 0 amide bonds. The number of nitrogens with zero attached hydrogens (tertiary/aromatic N) is 1. The number of aromatic nitrogens is 1. The second-order valence-corrected chi connectivity index (χ2v) is 6.04. The quantitative estimate of drug-likeness (QED) is 0.858. The van der Waals surface area contributed by atoms with Crippen LogP contribution in [0.15, 0.2) is 18.3 Å². The highest BCUT2D eigenvalue weighted by molar-refractivity contribution is 7.99. The van der Waals surface area contributed by atoms with Gasteiger partial charge in [-0.3, -0.25) is 0 Å². The predicted molar refractivity (Wildman–Crippen MR) is 74.4 cm³/mol. The van der Waals surface area contributed by atoms with Crippen LogP contribution in [0.2, 0.25) is 0 Å². The van der Waals surface area contributed by atoms with Gasteiger partial charge in [0, 0.05) is 17.5 Å². The van der Waals surface area contributed by atoms with Gasteiger partial charge in [0.2, 0.25) is 0 Å². The zero-order valence-corrected chi connectivity index (χ0v) is 11.2. The van der Waals surface area contributed by atoms with Gasteiger partial charge in [0.15, 0.2) is 0 Å². The molecule has 2 rings (SSSR count). The van der Waals surface area contributed by atoms with Gasteiger partial charge in [-0.2, -0.15) is 11.8 Å². The molecule has 5 heteroatoms. The average molecular weight is 266 g/mol. The highest BCUT2D eigenvalue weighted by atomic mass is 32.2.